The van der Waals surface area contributed by atoms with E-state index < -0.39 is 0 Å². The van der Waals surface area contributed by atoms with Crippen LogP contribution in [0, 0.1) is 3.95 Å². The minimum Gasteiger partial charge on any atom is -0.493 e. The number of ether oxygens (including phenoxy) is 2. The van der Waals surface area contributed by atoms with Crippen LogP contribution in [0.5, 0.6) is 11.5 Å². The molecular formula is C19H21N3O2S2. The van der Waals surface area contributed by atoms with E-state index in [1.165, 1.54) is 11.3 Å². The van der Waals surface area contributed by atoms with Gasteiger partial charge in [0, 0.05) is 6.54 Å². The predicted octanol–water partition coefficient (Wildman–Crippen LogP) is 4.35. The Morgan fingerprint density at radius 3 is 2.62 bits per heavy atom. The quantitative estimate of drug-likeness (QED) is 0.537. The van der Waals surface area contributed by atoms with Gasteiger partial charge in [0.2, 0.25) is 0 Å². The van der Waals surface area contributed by atoms with Gasteiger partial charge in [0.25, 0.3) is 0 Å². The average molecular weight is 388 g/mol. The Labute approximate surface area is 162 Å². The largest absolute Gasteiger partial charge is 0.493 e. The van der Waals surface area contributed by atoms with Crippen LogP contribution < -0.4 is 9.47 Å². The Bertz CT molecular complexity index is 893. The van der Waals surface area contributed by atoms with Crippen LogP contribution in [0.25, 0.3) is 0 Å². The van der Waals surface area contributed by atoms with Gasteiger partial charge < -0.3 is 9.47 Å². The van der Waals surface area contributed by atoms with Crippen molar-refractivity contribution in [2.24, 2.45) is 0 Å². The van der Waals surface area contributed by atoms with Gasteiger partial charge in [0.1, 0.15) is 12.1 Å². The molecule has 1 aromatic heterocycles. The molecule has 26 heavy (non-hydrogen) atoms. The summed E-state index contributed by atoms with van der Waals surface area (Å²) in [5.74, 6) is 1.47. The maximum atomic E-state index is 5.91. The van der Waals surface area contributed by atoms with E-state index in [1.807, 2.05) is 54.2 Å². The topological polar surface area (TPSA) is 39.5 Å². The van der Waals surface area contributed by atoms with Gasteiger partial charge in [-0.3, -0.25) is 4.90 Å². The van der Waals surface area contributed by atoms with Gasteiger partial charge in [-0.1, -0.05) is 47.7 Å². The van der Waals surface area contributed by atoms with Crippen molar-refractivity contribution in [1.82, 2.24) is 14.7 Å². The van der Waals surface area contributed by atoms with Crippen LogP contribution in [0.4, 0.5) is 0 Å². The molecule has 0 spiro atoms. The molecule has 0 atom stereocenters. The summed E-state index contributed by atoms with van der Waals surface area (Å²) in [5.41, 5.74) is 4.02. The molecule has 0 unspecified atom stereocenters. The summed E-state index contributed by atoms with van der Waals surface area (Å²) < 4.78 is 14.0. The highest BCUT2D eigenvalue weighted by Crippen LogP contribution is 2.29. The fourth-order valence-corrected chi connectivity index (χ4v) is 3.29. The molecule has 0 fully saturated rings. The summed E-state index contributed by atoms with van der Waals surface area (Å²) in [4.78, 5) is 2.15. The molecule has 0 saturated heterocycles. The van der Waals surface area contributed by atoms with Gasteiger partial charge in [0.05, 0.1) is 13.8 Å². The highest BCUT2D eigenvalue weighted by molar-refractivity contribution is 7.73. The van der Waals surface area contributed by atoms with E-state index in [1.54, 1.807) is 12.6 Å². The highest BCUT2D eigenvalue weighted by Gasteiger charge is 2.09. The van der Waals surface area contributed by atoms with Gasteiger partial charge in [-0.05, 0) is 42.5 Å². The lowest BCUT2D eigenvalue weighted by atomic mass is 10.2. The normalized spacial score (nSPS) is 10.9. The zero-order valence-corrected chi connectivity index (χ0v) is 16.4. The number of benzene rings is 2. The molecule has 0 bridgehead atoms. The van der Waals surface area contributed by atoms with Crippen LogP contribution in [-0.4, -0.2) is 28.8 Å². The Morgan fingerprint density at radius 1 is 1.12 bits per heavy atom. The van der Waals surface area contributed by atoms with E-state index in [0.717, 1.165) is 33.1 Å². The first-order valence-corrected chi connectivity index (χ1v) is 9.47. The van der Waals surface area contributed by atoms with Gasteiger partial charge in [-0.25, -0.2) is 4.68 Å². The predicted molar refractivity (Wildman–Crippen MR) is 106 cm³/mol. The standard InChI is InChI=1S/C19H21N3O2S2/c1-21(14-22-19(25)26-13-20-22)11-16-8-9-17(18(10-16)23-2)24-12-15-6-4-3-5-7-15/h3-10,13H,11-12,14H2,1-2H3. The minimum absolute atomic E-state index is 0.512. The molecule has 0 aliphatic carbocycles. The molecule has 0 amide bonds. The number of nitrogens with zero attached hydrogens (tertiary/aromatic N) is 3. The second kappa shape index (κ2) is 8.93. The van der Waals surface area contributed by atoms with Crippen molar-refractivity contribution >= 4 is 23.6 Å². The van der Waals surface area contributed by atoms with Crippen LogP contribution in [0.15, 0.2) is 54.0 Å². The summed E-state index contributed by atoms with van der Waals surface area (Å²) in [6, 6.07) is 16.1. The monoisotopic (exact) mass is 387 g/mol. The van der Waals surface area contributed by atoms with Crippen molar-refractivity contribution in [3.63, 3.8) is 0 Å². The maximum absolute atomic E-state index is 5.91. The van der Waals surface area contributed by atoms with Crippen LogP contribution >= 0.6 is 23.6 Å². The Morgan fingerprint density at radius 2 is 1.92 bits per heavy atom. The van der Waals surface area contributed by atoms with Gasteiger partial charge in [-0.2, -0.15) is 5.10 Å². The summed E-state index contributed by atoms with van der Waals surface area (Å²) in [6.07, 6.45) is 0. The molecule has 0 N–H and O–H groups in total. The lowest BCUT2D eigenvalue weighted by Crippen LogP contribution is -2.22. The van der Waals surface area contributed by atoms with E-state index >= 15 is 0 Å². The van der Waals surface area contributed by atoms with Crippen molar-refractivity contribution < 1.29 is 9.47 Å². The lowest BCUT2D eigenvalue weighted by Gasteiger charge is -2.18. The van der Waals surface area contributed by atoms with Crippen molar-refractivity contribution in [1.29, 1.82) is 0 Å². The smallest absolute Gasteiger partial charge is 0.180 e. The summed E-state index contributed by atoms with van der Waals surface area (Å²) in [7, 11) is 3.69. The van der Waals surface area contributed by atoms with E-state index in [4.69, 9.17) is 21.7 Å². The average Bonchev–Trinajstić information content (AvgIpc) is 3.05. The van der Waals surface area contributed by atoms with Crippen LogP contribution in [0.2, 0.25) is 0 Å². The fourth-order valence-electron chi connectivity index (χ4n) is 2.58. The molecule has 5 nitrogen and oxygen atoms in total. The maximum Gasteiger partial charge on any atom is 0.180 e. The van der Waals surface area contributed by atoms with Gasteiger partial charge in [-0.15, -0.1) is 0 Å². The summed E-state index contributed by atoms with van der Waals surface area (Å²) >= 11 is 6.72. The number of aromatic nitrogens is 2. The highest BCUT2D eigenvalue weighted by atomic mass is 32.1. The van der Waals surface area contributed by atoms with Gasteiger partial charge in [0.15, 0.2) is 15.5 Å². The Hall–Kier alpha value is -2.22. The number of rotatable bonds is 8. The van der Waals surface area contributed by atoms with Crippen LogP contribution in [0.1, 0.15) is 11.1 Å². The first kappa shape index (κ1) is 18.6. The molecule has 136 valence electrons. The molecule has 7 heteroatoms. The summed E-state index contributed by atoms with van der Waals surface area (Å²) in [6.45, 7) is 1.92. The first-order chi connectivity index (χ1) is 12.7. The number of hydrogen-bond acceptors (Lipinski definition) is 6. The molecule has 3 rings (SSSR count). The van der Waals surface area contributed by atoms with Crippen molar-refractivity contribution in [2.75, 3.05) is 14.2 Å². The third-order valence-corrected chi connectivity index (χ3v) is 4.96. The molecule has 0 radical (unpaired) electrons. The number of methoxy groups -OCH3 is 1. The molecule has 1 heterocycles. The lowest BCUT2D eigenvalue weighted by molar-refractivity contribution is 0.244. The zero-order valence-electron chi connectivity index (χ0n) is 14.8. The summed E-state index contributed by atoms with van der Waals surface area (Å²) in [5, 5.41) is 4.24. The van der Waals surface area contributed by atoms with Crippen molar-refractivity contribution in [2.45, 2.75) is 19.8 Å². The van der Waals surface area contributed by atoms with Crippen molar-refractivity contribution in [3.05, 3.63) is 69.1 Å². The molecule has 0 aliphatic rings. The van der Waals surface area contributed by atoms with Crippen LogP contribution in [0.3, 0.4) is 0 Å². The second-order valence-electron chi connectivity index (χ2n) is 5.92. The Kier molecular flexibility index (Phi) is 6.38. The SMILES string of the molecule is COc1cc(CN(C)Cn2ncsc2=S)ccc1OCc1ccccc1. The van der Waals surface area contributed by atoms with E-state index in [-0.39, 0.29) is 0 Å². The molecule has 0 saturated carbocycles. The third kappa shape index (κ3) is 4.91. The van der Waals surface area contributed by atoms with E-state index in [9.17, 15) is 0 Å². The molecule has 3 aromatic rings. The van der Waals surface area contributed by atoms with Gasteiger partial charge >= 0.3 is 0 Å². The fraction of sp³-hybridized carbons (Fsp3) is 0.263. The van der Waals surface area contributed by atoms with E-state index in [2.05, 4.69) is 16.1 Å². The third-order valence-electron chi connectivity index (χ3n) is 3.84. The molecule has 2 aromatic carbocycles. The van der Waals surface area contributed by atoms with E-state index in [0.29, 0.717) is 13.3 Å². The first-order valence-electron chi connectivity index (χ1n) is 8.18. The molecular weight excluding hydrogens is 366 g/mol. The minimum atomic E-state index is 0.512. The number of hydrogen-bond donors (Lipinski definition) is 0. The van der Waals surface area contributed by atoms with Crippen molar-refractivity contribution in [3.8, 4) is 11.5 Å². The molecule has 0 aliphatic heterocycles. The second-order valence-corrected chi connectivity index (χ2v) is 7.40. The Balaban J connectivity index is 1.64. The zero-order chi connectivity index (χ0) is 18.4. The van der Waals surface area contributed by atoms with Crippen LogP contribution in [-0.2, 0) is 19.8 Å².